The number of benzene rings is 2. The number of nitrogens with zero attached hydrogens (tertiary/aromatic N) is 3. The average Bonchev–Trinajstić information content (AvgIpc) is 3.29. The lowest BCUT2D eigenvalue weighted by Crippen LogP contribution is -2.22. The maximum absolute atomic E-state index is 4.73. The van der Waals surface area contributed by atoms with Crippen LogP contribution in [0.1, 0.15) is 12.6 Å². The summed E-state index contributed by atoms with van der Waals surface area (Å²) in [5.74, 6) is 0. The topological polar surface area (TPSA) is 44.8 Å². The Kier molecular flexibility index (Phi) is 4.01. The van der Waals surface area contributed by atoms with Crippen LogP contribution in [-0.2, 0) is 6.54 Å². The molecule has 0 saturated heterocycles. The molecule has 0 atom stereocenters. The van der Waals surface area contributed by atoms with Gasteiger partial charge in [-0.25, -0.2) is 9.97 Å². The number of anilines is 1. The first-order chi connectivity index (χ1) is 11.8. The normalized spacial score (nSPS) is 11.0. The van der Waals surface area contributed by atoms with Gasteiger partial charge >= 0.3 is 0 Å². The molecular formula is C19H18N4S. The molecule has 0 aliphatic carbocycles. The molecule has 0 unspecified atom stereocenters. The summed E-state index contributed by atoms with van der Waals surface area (Å²) in [5, 5.41) is 1.07. The summed E-state index contributed by atoms with van der Waals surface area (Å²) in [6, 6.07) is 16.9. The second kappa shape index (κ2) is 6.45. The highest BCUT2D eigenvalue weighted by atomic mass is 32.1. The van der Waals surface area contributed by atoms with E-state index in [2.05, 4.69) is 64.3 Å². The minimum atomic E-state index is 0.830. The molecule has 2 heterocycles. The first-order valence-electron chi connectivity index (χ1n) is 8.01. The fourth-order valence-corrected chi connectivity index (χ4v) is 3.74. The molecule has 5 heteroatoms. The monoisotopic (exact) mass is 334 g/mol. The predicted molar refractivity (Wildman–Crippen MR) is 100 cm³/mol. The molecule has 0 aliphatic heterocycles. The molecule has 0 aliphatic rings. The first-order valence-corrected chi connectivity index (χ1v) is 8.83. The number of aromatic nitrogens is 3. The van der Waals surface area contributed by atoms with Crippen molar-refractivity contribution in [1.82, 2.24) is 15.0 Å². The van der Waals surface area contributed by atoms with E-state index in [0.29, 0.717) is 0 Å². The molecule has 1 N–H and O–H groups in total. The smallest absolute Gasteiger partial charge is 0.124 e. The van der Waals surface area contributed by atoms with Gasteiger partial charge in [-0.1, -0.05) is 12.1 Å². The van der Waals surface area contributed by atoms with Gasteiger partial charge in [-0.15, -0.1) is 11.3 Å². The minimum absolute atomic E-state index is 0.830. The van der Waals surface area contributed by atoms with Gasteiger partial charge in [-0.05, 0) is 43.3 Å². The largest absolute Gasteiger partial charge is 0.366 e. The lowest BCUT2D eigenvalue weighted by molar-refractivity contribution is 0.815. The lowest BCUT2D eigenvalue weighted by Gasteiger charge is -2.22. The highest BCUT2D eigenvalue weighted by Crippen LogP contribution is 2.31. The minimum Gasteiger partial charge on any atom is -0.366 e. The van der Waals surface area contributed by atoms with Gasteiger partial charge in [0, 0.05) is 24.0 Å². The zero-order valence-corrected chi connectivity index (χ0v) is 14.3. The van der Waals surface area contributed by atoms with Crippen LogP contribution in [-0.4, -0.2) is 21.5 Å². The molecule has 0 saturated carbocycles. The second-order valence-electron chi connectivity index (χ2n) is 5.62. The average molecular weight is 334 g/mol. The fourth-order valence-electron chi connectivity index (χ4n) is 2.77. The van der Waals surface area contributed by atoms with Gasteiger partial charge in [-0.3, -0.25) is 0 Å². The predicted octanol–water partition coefficient (Wildman–Crippen LogP) is 4.71. The molecule has 4 aromatic rings. The Balaban J connectivity index is 1.59. The van der Waals surface area contributed by atoms with E-state index in [1.165, 1.54) is 10.4 Å². The van der Waals surface area contributed by atoms with Gasteiger partial charge in [0.2, 0.25) is 0 Å². The number of thiazole rings is 1. The summed E-state index contributed by atoms with van der Waals surface area (Å²) >= 11 is 1.74. The van der Waals surface area contributed by atoms with E-state index in [4.69, 9.17) is 4.98 Å². The number of hydrogen-bond acceptors (Lipinski definition) is 4. The van der Waals surface area contributed by atoms with Crippen LogP contribution in [0, 0.1) is 0 Å². The molecule has 0 radical (unpaired) electrons. The molecule has 2 aromatic carbocycles. The van der Waals surface area contributed by atoms with E-state index >= 15 is 0 Å². The Morgan fingerprint density at radius 2 is 1.92 bits per heavy atom. The number of aromatic amines is 1. The quantitative estimate of drug-likeness (QED) is 0.575. The van der Waals surface area contributed by atoms with E-state index in [0.717, 1.165) is 34.9 Å². The Hall–Kier alpha value is -2.66. The number of para-hydroxylation sites is 1. The SMILES string of the molecule is CCN(Cc1cnc[nH]1)c1ccc(-c2nc3ccccc3s2)cc1. The molecule has 0 bridgehead atoms. The Labute approximate surface area is 144 Å². The van der Waals surface area contributed by atoms with Crippen LogP contribution in [0.2, 0.25) is 0 Å². The number of imidazole rings is 1. The van der Waals surface area contributed by atoms with Crippen LogP contribution in [0.25, 0.3) is 20.8 Å². The highest BCUT2D eigenvalue weighted by molar-refractivity contribution is 7.21. The standard InChI is InChI=1S/C19H18N4S/c1-2-23(12-15-11-20-13-21-15)16-9-7-14(8-10-16)19-22-17-5-3-4-6-18(17)24-19/h3-11,13H,2,12H2,1H3,(H,20,21). The summed E-state index contributed by atoms with van der Waals surface area (Å²) < 4.78 is 1.23. The first kappa shape index (κ1) is 14.9. The van der Waals surface area contributed by atoms with Crippen LogP contribution in [0.3, 0.4) is 0 Å². The summed E-state index contributed by atoms with van der Waals surface area (Å²) in [7, 11) is 0. The number of hydrogen-bond donors (Lipinski definition) is 1. The van der Waals surface area contributed by atoms with Crippen molar-refractivity contribution >= 4 is 27.2 Å². The van der Waals surface area contributed by atoms with Crippen LogP contribution in [0.4, 0.5) is 5.69 Å². The van der Waals surface area contributed by atoms with Gasteiger partial charge in [0.1, 0.15) is 5.01 Å². The molecule has 2 aromatic heterocycles. The molecule has 0 fully saturated rings. The third kappa shape index (κ3) is 2.90. The molecule has 24 heavy (non-hydrogen) atoms. The molecule has 0 spiro atoms. The van der Waals surface area contributed by atoms with Crippen molar-refractivity contribution in [2.75, 3.05) is 11.4 Å². The molecule has 4 nitrogen and oxygen atoms in total. The number of nitrogens with one attached hydrogen (secondary N) is 1. The van der Waals surface area contributed by atoms with E-state index in [1.54, 1.807) is 17.7 Å². The van der Waals surface area contributed by atoms with E-state index in [1.807, 2.05) is 12.3 Å². The molecular weight excluding hydrogens is 316 g/mol. The maximum atomic E-state index is 4.73. The van der Waals surface area contributed by atoms with E-state index in [-0.39, 0.29) is 0 Å². The molecule has 0 amide bonds. The van der Waals surface area contributed by atoms with E-state index in [9.17, 15) is 0 Å². The van der Waals surface area contributed by atoms with Crippen molar-refractivity contribution in [3.05, 3.63) is 66.7 Å². The Bertz CT molecular complexity index is 893. The van der Waals surface area contributed by atoms with Gasteiger partial charge in [-0.2, -0.15) is 0 Å². The number of H-pyrrole nitrogens is 1. The number of fused-ring (bicyclic) bond motifs is 1. The molecule has 4 rings (SSSR count). The van der Waals surface area contributed by atoms with Crippen molar-refractivity contribution in [2.45, 2.75) is 13.5 Å². The van der Waals surface area contributed by atoms with Gasteiger partial charge in [0.25, 0.3) is 0 Å². The fraction of sp³-hybridized carbons (Fsp3) is 0.158. The van der Waals surface area contributed by atoms with Crippen molar-refractivity contribution in [2.24, 2.45) is 0 Å². The highest BCUT2D eigenvalue weighted by Gasteiger charge is 2.09. The van der Waals surface area contributed by atoms with Crippen LogP contribution in [0.15, 0.2) is 61.1 Å². The Morgan fingerprint density at radius 3 is 2.62 bits per heavy atom. The van der Waals surface area contributed by atoms with Crippen molar-refractivity contribution in [1.29, 1.82) is 0 Å². The zero-order valence-electron chi connectivity index (χ0n) is 13.4. The third-order valence-electron chi connectivity index (χ3n) is 4.07. The van der Waals surface area contributed by atoms with Gasteiger partial charge < -0.3 is 9.88 Å². The van der Waals surface area contributed by atoms with Crippen LogP contribution < -0.4 is 4.90 Å². The second-order valence-corrected chi connectivity index (χ2v) is 6.66. The van der Waals surface area contributed by atoms with Crippen LogP contribution in [0.5, 0.6) is 0 Å². The zero-order chi connectivity index (χ0) is 16.4. The summed E-state index contributed by atoms with van der Waals surface area (Å²) in [4.78, 5) is 14.3. The molecule has 120 valence electrons. The van der Waals surface area contributed by atoms with Crippen molar-refractivity contribution < 1.29 is 0 Å². The van der Waals surface area contributed by atoms with Gasteiger partial charge in [0.05, 0.1) is 28.8 Å². The third-order valence-corrected chi connectivity index (χ3v) is 5.16. The van der Waals surface area contributed by atoms with Gasteiger partial charge in [0.15, 0.2) is 0 Å². The van der Waals surface area contributed by atoms with Crippen LogP contribution >= 0.6 is 11.3 Å². The summed E-state index contributed by atoms with van der Waals surface area (Å²) in [5.41, 5.74) is 4.55. The maximum Gasteiger partial charge on any atom is 0.124 e. The van der Waals surface area contributed by atoms with E-state index < -0.39 is 0 Å². The number of rotatable bonds is 5. The van der Waals surface area contributed by atoms with Crippen molar-refractivity contribution in [3.8, 4) is 10.6 Å². The van der Waals surface area contributed by atoms with Crippen molar-refractivity contribution in [3.63, 3.8) is 0 Å². The summed E-state index contributed by atoms with van der Waals surface area (Å²) in [6.07, 6.45) is 3.59. The lowest BCUT2D eigenvalue weighted by atomic mass is 10.2. The summed E-state index contributed by atoms with van der Waals surface area (Å²) in [6.45, 7) is 3.94. The Morgan fingerprint density at radius 1 is 1.08 bits per heavy atom.